The second-order valence-electron chi connectivity index (χ2n) is 8.19. The topological polar surface area (TPSA) is 61.8 Å². The first-order chi connectivity index (χ1) is 12.7. The summed E-state index contributed by atoms with van der Waals surface area (Å²) in [6.45, 7) is 3.04. The van der Waals surface area contributed by atoms with E-state index in [0.29, 0.717) is 12.1 Å². The normalized spacial score (nSPS) is 24.2. The number of nitrogens with one attached hydrogen (secondary N) is 1. The van der Waals surface area contributed by atoms with Crippen LogP contribution in [-0.4, -0.2) is 54.3 Å². The van der Waals surface area contributed by atoms with Crippen LogP contribution < -0.4 is 10.1 Å². The number of ether oxygens (including phenoxy) is 1. The third-order valence-electron chi connectivity index (χ3n) is 5.99. The molecule has 2 N–H and O–H groups in total. The van der Waals surface area contributed by atoms with Crippen LogP contribution in [0.1, 0.15) is 43.2 Å². The number of aliphatic carboxylic acids is 1. The highest BCUT2D eigenvalue weighted by atomic mass is 16.5. The van der Waals surface area contributed by atoms with Crippen molar-refractivity contribution in [3.8, 4) is 5.75 Å². The van der Waals surface area contributed by atoms with Crippen molar-refractivity contribution in [1.29, 1.82) is 0 Å². The van der Waals surface area contributed by atoms with Crippen LogP contribution in [0.2, 0.25) is 0 Å². The van der Waals surface area contributed by atoms with Gasteiger partial charge in [0.05, 0.1) is 13.2 Å². The van der Waals surface area contributed by atoms with Crippen molar-refractivity contribution in [3.63, 3.8) is 0 Å². The zero-order chi connectivity index (χ0) is 17.9. The smallest absolute Gasteiger partial charge is 0.317 e. The van der Waals surface area contributed by atoms with Crippen LogP contribution in [0.25, 0.3) is 0 Å². The Balaban J connectivity index is 1.13. The van der Waals surface area contributed by atoms with E-state index in [1.54, 1.807) is 0 Å². The molecule has 1 aliphatic heterocycles. The summed E-state index contributed by atoms with van der Waals surface area (Å²) in [7, 11) is 0. The highest BCUT2D eigenvalue weighted by Gasteiger charge is 2.36. The highest BCUT2D eigenvalue weighted by Crippen LogP contribution is 2.33. The molecule has 0 spiro atoms. The van der Waals surface area contributed by atoms with Gasteiger partial charge in [0, 0.05) is 25.0 Å². The van der Waals surface area contributed by atoms with Crippen LogP contribution in [0.15, 0.2) is 18.2 Å². The summed E-state index contributed by atoms with van der Waals surface area (Å²) in [6, 6.07) is 7.61. The number of aryl methyl sites for hydroxylation is 1. The lowest BCUT2D eigenvalue weighted by atomic mass is 9.85. The van der Waals surface area contributed by atoms with Crippen molar-refractivity contribution >= 4 is 5.97 Å². The first kappa shape index (κ1) is 17.8. The maximum atomic E-state index is 11.1. The standard InChI is InChI=1S/C21H30N2O3/c24-21(25)14-23(13-16-3-4-16)19-11-18(12-19)22-8-1-2-15-5-6-20-17(10-15)7-9-26-20/h5-6,10,16,18-19,22H,1-4,7-9,11-14H2,(H,24,25). The molecule has 4 rings (SSSR count). The van der Waals surface area contributed by atoms with Crippen molar-refractivity contribution in [3.05, 3.63) is 29.3 Å². The van der Waals surface area contributed by atoms with Gasteiger partial charge >= 0.3 is 5.97 Å². The van der Waals surface area contributed by atoms with Gasteiger partial charge in [-0.2, -0.15) is 0 Å². The average Bonchev–Trinajstić information content (AvgIpc) is 3.26. The molecule has 5 heteroatoms. The summed E-state index contributed by atoms with van der Waals surface area (Å²) in [4.78, 5) is 13.3. The Labute approximate surface area is 155 Å². The molecule has 1 heterocycles. The number of carboxylic acid groups (broad SMARTS) is 1. The lowest BCUT2D eigenvalue weighted by Crippen LogP contribution is -2.54. The van der Waals surface area contributed by atoms with E-state index in [0.717, 1.165) is 63.5 Å². The Morgan fingerprint density at radius 1 is 1.31 bits per heavy atom. The van der Waals surface area contributed by atoms with Gasteiger partial charge < -0.3 is 15.2 Å². The molecular weight excluding hydrogens is 328 g/mol. The lowest BCUT2D eigenvalue weighted by Gasteiger charge is -2.43. The molecule has 0 saturated heterocycles. The van der Waals surface area contributed by atoms with Gasteiger partial charge in [-0.05, 0) is 68.2 Å². The zero-order valence-electron chi connectivity index (χ0n) is 15.5. The van der Waals surface area contributed by atoms with E-state index in [-0.39, 0.29) is 6.54 Å². The van der Waals surface area contributed by atoms with Crippen molar-refractivity contribution in [2.45, 2.75) is 57.0 Å². The molecule has 0 aromatic heterocycles. The van der Waals surface area contributed by atoms with Crippen LogP contribution in [-0.2, 0) is 17.6 Å². The largest absolute Gasteiger partial charge is 0.493 e. The Morgan fingerprint density at radius 2 is 2.15 bits per heavy atom. The monoisotopic (exact) mass is 358 g/mol. The minimum Gasteiger partial charge on any atom is -0.493 e. The molecule has 26 heavy (non-hydrogen) atoms. The third-order valence-corrected chi connectivity index (χ3v) is 5.99. The zero-order valence-corrected chi connectivity index (χ0v) is 15.5. The first-order valence-corrected chi connectivity index (χ1v) is 10.1. The Bertz CT molecular complexity index is 638. The molecule has 2 aliphatic carbocycles. The lowest BCUT2D eigenvalue weighted by molar-refractivity contribution is -0.139. The number of rotatable bonds is 10. The molecule has 1 aromatic rings. The number of hydrogen-bond donors (Lipinski definition) is 2. The molecule has 2 saturated carbocycles. The Morgan fingerprint density at radius 3 is 2.92 bits per heavy atom. The van der Waals surface area contributed by atoms with E-state index < -0.39 is 5.97 Å². The van der Waals surface area contributed by atoms with Gasteiger partial charge in [-0.3, -0.25) is 9.69 Å². The number of fused-ring (bicyclic) bond motifs is 1. The fraction of sp³-hybridized carbons (Fsp3) is 0.667. The molecule has 3 aliphatic rings. The quantitative estimate of drug-likeness (QED) is 0.629. The number of hydrogen-bond acceptors (Lipinski definition) is 4. The maximum absolute atomic E-state index is 11.1. The van der Waals surface area contributed by atoms with Crippen LogP contribution in [0.4, 0.5) is 0 Å². The van der Waals surface area contributed by atoms with E-state index in [2.05, 4.69) is 28.4 Å². The molecule has 142 valence electrons. The molecule has 2 fully saturated rings. The molecule has 0 radical (unpaired) electrons. The molecular formula is C21H30N2O3. The minimum absolute atomic E-state index is 0.204. The fourth-order valence-corrected chi connectivity index (χ4v) is 4.20. The van der Waals surface area contributed by atoms with E-state index in [4.69, 9.17) is 9.84 Å². The van der Waals surface area contributed by atoms with Gasteiger partial charge in [-0.15, -0.1) is 0 Å². The molecule has 0 atom stereocenters. The van der Waals surface area contributed by atoms with Crippen LogP contribution >= 0.6 is 0 Å². The van der Waals surface area contributed by atoms with Gasteiger partial charge in [0.25, 0.3) is 0 Å². The predicted octanol–water partition coefficient (Wildman–Crippen LogP) is 2.47. The molecule has 0 amide bonds. The molecule has 0 bridgehead atoms. The number of carboxylic acids is 1. The second kappa shape index (κ2) is 7.97. The van der Waals surface area contributed by atoms with Gasteiger partial charge in [0.1, 0.15) is 5.75 Å². The summed E-state index contributed by atoms with van der Waals surface area (Å²) in [5, 5.41) is 12.8. The SMILES string of the molecule is O=C(O)CN(CC1CC1)C1CC(NCCCc2ccc3c(c2)CCO3)C1. The molecule has 0 unspecified atom stereocenters. The predicted molar refractivity (Wildman–Crippen MR) is 101 cm³/mol. The summed E-state index contributed by atoms with van der Waals surface area (Å²) in [5.41, 5.74) is 2.76. The highest BCUT2D eigenvalue weighted by molar-refractivity contribution is 5.69. The van der Waals surface area contributed by atoms with E-state index in [9.17, 15) is 4.79 Å². The summed E-state index contributed by atoms with van der Waals surface area (Å²) in [6.07, 6.45) is 8.02. The summed E-state index contributed by atoms with van der Waals surface area (Å²) < 4.78 is 5.56. The van der Waals surface area contributed by atoms with Gasteiger partial charge in [-0.25, -0.2) is 0 Å². The Hall–Kier alpha value is -1.59. The van der Waals surface area contributed by atoms with E-state index in [1.165, 1.54) is 24.0 Å². The Kier molecular flexibility index (Phi) is 5.46. The maximum Gasteiger partial charge on any atom is 0.317 e. The number of carbonyl (C=O) groups is 1. The molecule has 5 nitrogen and oxygen atoms in total. The van der Waals surface area contributed by atoms with E-state index >= 15 is 0 Å². The third kappa shape index (κ3) is 4.57. The van der Waals surface area contributed by atoms with Crippen LogP contribution in [0.3, 0.4) is 0 Å². The molecule has 1 aromatic carbocycles. The average molecular weight is 358 g/mol. The van der Waals surface area contributed by atoms with Crippen molar-refractivity contribution in [2.24, 2.45) is 5.92 Å². The number of benzene rings is 1. The second-order valence-corrected chi connectivity index (χ2v) is 8.19. The van der Waals surface area contributed by atoms with Crippen molar-refractivity contribution in [1.82, 2.24) is 10.2 Å². The number of nitrogens with zero attached hydrogens (tertiary/aromatic N) is 1. The van der Waals surface area contributed by atoms with Crippen LogP contribution in [0.5, 0.6) is 5.75 Å². The summed E-state index contributed by atoms with van der Waals surface area (Å²) >= 11 is 0. The fourth-order valence-electron chi connectivity index (χ4n) is 4.20. The van der Waals surface area contributed by atoms with Gasteiger partial charge in [0.2, 0.25) is 0 Å². The first-order valence-electron chi connectivity index (χ1n) is 10.1. The van der Waals surface area contributed by atoms with Crippen LogP contribution in [0, 0.1) is 5.92 Å². The van der Waals surface area contributed by atoms with Crippen molar-refractivity contribution < 1.29 is 14.6 Å². The van der Waals surface area contributed by atoms with Gasteiger partial charge in [0.15, 0.2) is 0 Å². The van der Waals surface area contributed by atoms with Crippen molar-refractivity contribution in [2.75, 3.05) is 26.2 Å². The van der Waals surface area contributed by atoms with Gasteiger partial charge in [-0.1, -0.05) is 12.1 Å². The summed E-state index contributed by atoms with van der Waals surface area (Å²) in [5.74, 6) is 1.12. The minimum atomic E-state index is -0.693. The van der Waals surface area contributed by atoms with E-state index in [1.807, 2.05) is 0 Å².